The van der Waals surface area contributed by atoms with E-state index in [0.29, 0.717) is 12.5 Å². The molecule has 0 aliphatic heterocycles. The van der Waals surface area contributed by atoms with Crippen molar-refractivity contribution in [3.63, 3.8) is 0 Å². The Morgan fingerprint density at radius 1 is 1.26 bits per heavy atom. The first-order valence-corrected chi connectivity index (χ1v) is 6.91. The number of aryl methyl sites for hydroxylation is 1. The van der Waals surface area contributed by atoms with Crippen molar-refractivity contribution in [2.45, 2.75) is 19.8 Å². The zero-order valence-corrected chi connectivity index (χ0v) is 11.9. The molecule has 1 unspecified atom stereocenters. The van der Waals surface area contributed by atoms with E-state index in [0.717, 1.165) is 23.4 Å². The maximum Gasteiger partial charge on any atom is 0.0621 e. The third-order valence-corrected chi connectivity index (χ3v) is 3.65. The van der Waals surface area contributed by atoms with Crippen LogP contribution in [0.15, 0.2) is 42.7 Å². The lowest BCUT2D eigenvalue weighted by Gasteiger charge is -2.16. The van der Waals surface area contributed by atoms with Gasteiger partial charge in [-0.2, -0.15) is 0 Å². The third-order valence-electron chi connectivity index (χ3n) is 3.31. The van der Waals surface area contributed by atoms with E-state index < -0.39 is 0 Å². The van der Waals surface area contributed by atoms with E-state index in [9.17, 15) is 0 Å². The molecular formula is C16H19ClN2. The van der Waals surface area contributed by atoms with Gasteiger partial charge in [0.05, 0.1) is 5.02 Å². The Morgan fingerprint density at radius 3 is 2.79 bits per heavy atom. The maximum atomic E-state index is 6.15. The molecule has 0 aliphatic carbocycles. The zero-order chi connectivity index (χ0) is 13.7. The summed E-state index contributed by atoms with van der Waals surface area (Å²) in [5, 5.41) is 0.727. The van der Waals surface area contributed by atoms with Gasteiger partial charge in [-0.3, -0.25) is 4.98 Å². The van der Waals surface area contributed by atoms with Crippen LogP contribution in [0, 0.1) is 12.8 Å². The molecule has 2 nitrogen and oxygen atoms in total. The average molecular weight is 275 g/mol. The molecule has 1 aromatic carbocycles. The average Bonchev–Trinajstić information content (AvgIpc) is 2.40. The van der Waals surface area contributed by atoms with Crippen molar-refractivity contribution in [1.29, 1.82) is 0 Å². The highest BCUT2D eigenvalue weighted by Gasteiger charge is 2.11. The fraction of sp³-hybridized carbons (Fsp3) is 0.312. The molecule has 0 spiro atoms. The van der Waals surface area contributed by atoms with Gasteiger partial charge < -0.3 is 5.73 Å². The number of pyridine rings is 1. The summed E-state index contributed by atoms with van der Waals surface area (Å²) in [6, 6.07) is 10.6. The summed E-state index contributed by atoms with van der Waals surface area (Å²) >= 11 is 6.15. The van der Waals surface area contributed by atoms with Crippen LogP contribution in [0.1, 0.15) is 16.7 Å². The van der Waals surface area contributed by atoms with Crippen LogP contribution in [0.5, 0.6) is 0 Å². The topological polar surface area (TPSA) is 38.9 Å². The van der Waals surface area contributed by atoms with Crippen molar-refractivity contribution in [2.24, 2.45) is 11.7 Å². The maximum absolute atomic E-state index is 6.15. The Kier molecular flexibility index (Phi) is 4.94. The summed E-state index contributed by atoms with van der Waals surface area (Å²) in [7, 11) is 0. The minimum absolute atomic E-state index is 0.404. The van der Waals surface area contributed by atoms with E-state index in [2.05, 4.69) is 36.2 Å². The Balaban J connectivity index is 2.07. The fourth-order valence-corrected chi connectivity index (χ4v) is 2.49. The Labute approximate surface area is 119 Å². The molecule has 100 valence electrons. The molecule has 1 heterocycles. The van der Waals surface area contributed by atoms with Gasteiger partial charge in [0, 0.05) is 12.4 Å². The molecule has 3 heteroatoms. The summed E-state index contributed by atoms with van der Waals surface area (Å²) in [4.78, 5) is 4.01. The Bertz CT molecular complexity index is 540. The lowest BCUT2D eigenvalue weighted by molar-refractivity contribution is 0.533. The molecule has 1 atom stereocenters. The van der Waals surface area contributed by atoms with Crippen molar-refractivity contribution in [2.75, 3.05) is 6.54 Å². The van der Waals surface area contributed by atoms with Gasteiger partial charge in [0.15, 0.2) is 0 Å². The fourth-order valence-electron chi connectivity index (χ4n) is 2.29. The number of halogens is 1. The predicted molar refractivity (Wildman–Crippen MR) is 80.4 cm³/mol. The SMILES string of the molecule is Cc1cccc(CC(CN)Cc2ccncc2Cl)c1. The Morgan fingerprint density at radius 2 is 2.11 bits per heavy atom. The second kappa shape index (κ2) is 6.69. The smallest absolute Gasteiger partial charge is 0.0621 e. The molecule has 0 saturated heterocycles. The van der Waals surface area contributed by atoms with Gasteiger partial charge in [0.25, 0.3) is 0 Å². The molecule has 0 radical (unpaired) electrons. The lowest BCUT2D eigenvalue weighted by atomic mass is 9.92. The van der Waals surface area contributed by atoms with Crippen molar-refractivity contribution in [3.05, 3.63) is 64.4 Å². The van der Waals surface area contributed by atoms with Gasteiger partial charge >= 0.3 is 0 Å². The van der Waals surface area contributed by atoms with E-state index in [4.69, 9.17) is 17.3 Å². The number of hydrogen-bond donors (Lipinski definition) is 1. The van der Waals surface area contributed by atoms with Gasteiger partial charge in [-0.15, -0.1) is 0 Å². The number of aromatic nitrogens is 1. The van der Waals surface area contributed by atoms with Crippen LogP contribution < -0.4 is 5.73 Å². The van der Waals surface area contributed by atoms with Crippen LogP contribution in [-0.4, -0.2) is 11.5 Å². The van der Waals surface area contributed by atoms with E-state index >= 15 is 0 Å². The quantitative estimate of drug-likeness (QED) is 0.908. The molecule has 0 aliphatic rings. The molecule has 19 heavy (non-hydrogen) atoms. The summed E-state index contributed by atoms with van der Waals surface area (Å²) in [6.07, 6.45) is 5.35. The number of nitrogens with zero attached hydrogens (tertiary/aromatic N) is 1. The standard InChI is InChI=1S/C16H19ClN2/c1-12-3-2-4-13(7-12)8-14(10-18)9-15-5-6-19-11-16(15)17/h2-7,11,14H,8-10,18H2,1H3. The van der Waals surface area contributed by atoms with Crippen LogP contribution in [0.3, 0.4) is 0 Å². The molecule has 0 fully saturated rings. The highest BCUT2D eigenvalue weighted by Crippen LogP contribution is 2.20. The predicted octanol–water partition coefficient (Wildman–Crippen LogP) is 3.40. The van der Waals surface area contributed by atoms with Crippen LogP contribution in [0.25, 0.3) is 0 Å². The minimum atomic E-state index is 0.404. The molecule has 2 rings (SSSR count). The molecule has 2 aromatic rings. The monoisotopic (exact) mass is 274 g/mol. The molecule has 2 N–H and O–H groups in total. The third kappa shape index (κ3) is 4.05. The number of nitrogens with two attached hydrogens (primary N) is 1. The first kappa shape index (κ1) is 14.0. The molecular weight excluding hydrogens is 256 g/mol. The number of benzene rings is 1. The molecule has 1 aromatic heterocycles. The minimum Gasteiger partial charge on any atom is -0.330 e. The van der Waals surface area contributed by atoms with E-state index in [1.165, 1.54) is 11.1 Å². The van der Waals surface area contributed by atoms with Crippen molar-refractivity contribution in [1.82, 2.24) is 4.98 Å². The van der Waals surface area contributed by atoms with Gasteiger partial charge in [0.2, 0.25) is 0 Å². The van der Waals surface area contributed by atoms with Gasteiger partial charge in [-0.05, 0) is 49.4 Å². The van der Waals surface area contributed by atoms with Gasteiger partial charge in [-0.25, -0.2) is 0 Å². The second-order valence-corrected chi connectivity index (χ2v) is 5.37. The van der Waals surface area contributed by atoms with E-state index in [1.807, 2.05) is 6.07 Å². The Hall–Kier alpha value is -1.38. The van der Waals surface area contributed by atoms with Crippen LogP contribution in [-0.2, 0) is 12.8 Å². The summed E-state index contributed by atoms with van der Waals surface area (Å²) in [6.45, 7) is 2.77. The van der Waals surface area contributed by atoms with Crippen LogP contribution in [0.4, 0.5) is 0 Å². The molecule has 0 amide bonds. The van der Waals surface area contributed by atoms with Gasteiger partial charge in [-0.1, -0.05) is 41.4 Å². The lowest BCUT2D eigenvalue weighted by Crippen LogP contribution is -2.19. The largest absolute Gasteiger partial charge is 0.330 e. The van der Waals surface area contributed by atoms with E-state index in [-0.39, 0.29) is 0 Å². The summed E-state index contributed by atoms with van der Waals surface area (Å²) in [5.74, 6) is 0.404. The summed E-state index contributed by atoms with van der Waals surface area (Å²) in [5.41, 5.74) is 9.64. The normalized spacial score (nSPS) is 12.4. The highest BCUT2D eigenvalue weighted by atomic mass is 35.5. The zero-order valence-electron chi connectivity index (χ0n) is 11.1. The molecule has 0 saturated carbocycles. The molecule has 0 bridgehead atoms. The van der Waals surface area contributed by atoms with Crippen molar-refractivity contribution >= 4 is 11.6 Å². The van der Waals surface area contributed by atoms with Crippen molar-refractivity contribution in [3.8, 4) is 0 Å². The van der Waals surface area contributed by atoms with Gasteiger partial charge in [0.1, 0.15) is 0 Å². The highest BCUT2D eigenvalue weighted by molar-refractivity contribution is 6.31. The van der Waals surface area contributed by atoms with Crippen LogP contribution >= 0.6 is 11.6 Å². The summed E-state index contributed by atoms with van der Waals surface area (Å²) < 4.78 is 0. The first-order chi connectivity index (χ1) is 9.19. The van der Waals surface area contributed by atoms with Crippen LogP contribution in [0.2, 0.25) is 5.02 Å². The van der Waals surface area contributed by atoms with E-state index in [1.54, 1.807) is 12.4 Å². The number of hydrogen-bond acceptors (Lipinski definition) is 2. The first-order valence-electron chi connectivity index (χ1n) is 6.53. The second-order valence-electron chi connectivity index (χ2n) is 4.97. The number of rotatable bonds is 5. The van der Waals surface area contributed by atoms with Crippen molar-refractivity contribution < 1.29 is 0 Å².